The summed E-state index contributed by atoms with van der Waals surface area (Å²) in [6.07, 6.45) is 2.07. The molecule has 1 aliphatic rings. The Morgan fingerprint density at radius 2 is 2.44 bits per heavy atom. The highest BCUT2D eigenvalue weighted by atomic mass is 16.5. The quantitative estimate of drug-likeness (QED) is 0.296. The Balaban J connectivity index is 2.64. The van der Waals surface area contributed by atoms with E-state index in [1.807, 2.05) is 0 Å². The van der Waals surface area contributed by atoms with E-state index in [0.29, 0.717) is 12.0 Å². The molecule has 0 aliphatic carbocycles. The van der Waals surface area contributed by atoms with E-state index in [1.165, 1.54) is 0 Å². The molecule has 1 atom stereocenters. The highest BCUT2D eigenvalue weighted by Gasteiger charge is 2.24. The van der Waals surface area contributed by atoms with Crippen LogP contribution in [0.5, 0.6) is 0 Å². The number of rotatable bonds is 1. The smallest absolute Gasteiger partial charge is 0.334 e. The highest BCUT2D eigenvalue weighted by Crippen LogP contribution is 2.18. The van der Waals surface area contributed by atoms with E-state index in [4.69, 9.17) is 4.74 Å². The summed E-state index contributed by atoms with van der Waals surface area (Å²) in [7, 11) is 0. The van der Waals surface area contributed by atoms with Crippen molar-refractivity contribution in [3.63, 3.8) is 0 Å². The van der Waals surface area contributed by atoms with E-state index in [0.717, 1.165) is 0 Å². The van der Waals surface area contributed by atoms with E-state index >= 15 is 0 Å². The van der Waals surface area contributed by atoms with E-state index in [1.54, 1.807) is 6.08 Å². The lowest BCUT2D eigenvalue weighted by Gasteiger charge is -1.97. The topological polar surface area (TPSA) is 26.3 Å². The molecule has 9 heavy (non-hydrogen) atoms. The van der Waals surface area contributed by atoms with Crippen LogP contribution in [0.4, 0.5) is 0 Å². The third kappa shape index (κ3) is 1.02. The minimum atomic E-state index is -0.292. The van der Waals surface area contributed by atoms with Crippen molar-refractivity contribution in [3.05, 3.63) is 24.8 Å². The summed E-state index contributed by atoms with van der Waals surface area (Å²) in [6, 6.07) is 0. The molecule has 0 saturated carbocycles. The van der Waals surface area contributed by atoms with Crippen LogP contribution in [0, 0.1) is 0 Å². The van der Waals surface area contributed by atoms with E-state index in [-0.39, 0.29) is 12.1 Å². The monoisotopic (exact) mass is 124 g/mol. The Morgan fingerprint density at radius 1 is 1.78 bits per heavy atom. The van der Waals surface area contributed by atoms with Gasteiger partial charge in [-0.15, -0.1) is 0 Å². The van der Waals surface area contributed by atoms with Gasteiger partial charge in [0.2, 0.25) is 0 Å². The van der Waals surface area contributed by atoms with Gasteiger partial charge in [0, 0.05) is 12.0 Å². The molecule has 0 spiro atoms. The van der Waals surface area contributed by atoms with Crippen molar-refractivity contribution in [2.24, 2.45) is 0 Å². The molecule has 0 aromatic rings. The van der Waals surface area contributed by atoms with Crippen molar-refractivity contribution in [2.45, 2.75) is 12.5 Å². The average Bonchev–Trinajstić information content (AvgIpc) is 2.13. The second-order valence-corrected chi connectivity index (χ2v) is 1.99. The molecule has 0 aromatic carbocycles. The summed E-state index contributed by atoms with van der Waals surface area (Å²) >= 11 is 0. The first-order valence-electron chi connectivity index (χ1n) is 2.75. The predicted molar refractivity (Wildman–Crippen MR) is 33.8 cm³/mol. The lowest BCUT2D eigenvalue weighted by molar-refractivity contribution is -0.137. The molecule has 0 radical (unpaired) electrons. The minimum absolute atomic E-state index is 0.134. The van der Waals surface area contributed by atoms with Gasteiger partial charge in [-0.2, -0.15) is 0 Å². The Labute approximate surface area is 53.8 Å². The molecule has 1 heterocycles. The van der Waals surface area contributed by atoms with Crippen LogP contribution in [-0.4, -0.2) is 12.1 Å². The van der Waals surface area contributed by atoms with Crippen LogP contribution in [-0.2, 0) is 9.53 Å². The van der Waals surface area contributed by atoms with Gasteiger partial charge < -0.3 is 4.74 Å². The molecular weight excluding hydrogens is 116 g/mol. The highest BCUT2D eigenvalue weighted by molar-refractivity contribution is 5.90. The Kier molecular flexibility index (Phi) is 1.39. The lowest BCUT2D eigenvalue weighted by Crippen LogP contribution is -2.00. The zero-order valence-corrected chi connectivity index (χ0v) is 5.09. The fraction of sp³-hybridized carbons (Fsp3) is 0.286. The van der Waals surface area contributed by atoms with Crippen molar-refractivity contribution in [3.8, 4) is 0 Å². The SMILES string of the molecule is C=CC1CC(=C)C(=O)O1. The summed E-state index contributed by atoms with van der Waals surface area (Å²) in [4.78, 5) is 10.6. The molecule has 2 heteroatoms. The van der Waals surface area contributed by atoms with Crippen molar-refractivity contribution >= 4 is 5.97 Å². The second-order valence-electron chi connectivity index (χ2n) is 1.99. The molecule has 0 N–H and O–H groups in total. The summed E-state index contributed by atoms with van der Waals surface area (Å²) in [6.45, 7) is 7.00. The van der Waals surface area contributed by atoms with Crippen molar-refractivity contribution in [1.29, 1.82) is 0 Å². The van der Waals surface area contributed by atoms with Gasteiger partial charge in [-0.3, -0.25) is 0 Å². The molecular formula is C7H8O2. The maximum Gasteiger partial charge on any atom is 0.334 e. The van der Waals surface area contributed by atoms with E-state index in [9.17, 15) is 4.79 Å². The van der Waals surface area contributed by atoms with Crippen molar-refractivity contribution in [2.75, 3.05) is 0 Å². The normalized spacial score (nSPS) is 26.0. The minimum Gasteiger partial charge on any atom is -0.454 e. The van der Waals surface area contributed by atoms with Gasteiger partial charge in [0.05, 0.1) is 0 Å². The predicted octanol–water partition coefficient (Wildman–Crippen LogP) is 1.04. The maximum absolute atomic E-state index is 10.6. The van der Waals surface area contributed by atoms with Crippen LogP contribution in [0.1, 0.15) is 6.42 Å². The van der Waals surface area contributed by atoms with Crippen LogP contribution in [0.3, 0.4) is 0 Å². The van der Waals surface area contributed by atoms with Gasteiger partial charge in [0.15, 0.2) is 0 Å². The molecule has 1 saturated heterocycles. The molecule has 0 amide bonds. The largest absolute Gasteiger partial charge is 0.454 e. The van der Waals surface area contributed by atoms with Crippen molar-refractivity contribution < 1.29 is 9.53 Å². The third-order valence-electron chi connectivity index (χ3n) is 1.26. The summed E-state index contributed by atoms with van der Waals surface area (Å²) < 4.78 is 4.77. The summed E-state index contributed by atoms with van der Waals surface area (Å²) in [5.74, 6) is -0.292. The molecule has 0 aromatic heterocycles. The van der Waals surface area contributed by atoms with Crippen molar-refractivity contribution in [1.82, 2.24) is 0 Å². The Bertz CT molecular complexity index is 154. The zero-order chi connectivity index (χ0) is 6.85. The molecule has 1 aliphatic heterocycles. The van der Waals surface area contributed by atoms with Crippen LogP contribution < -0.4 is 0 Å². The molecule has 1 fully saturated rings. The fourth-order valence-corrected chi connectivity index (χ4v) is 0.720. The van der Waals surface area contributed by atoms with Gasteiger partial charge in [-0.25, -0.2) is 4.79 Å². The number of ether oxygens (including phenoxy) is 1. The van der Waals surface area contributed by atoms with Gasteiger partial charge in [0.1, 0.15) is 6.10 Å². The van der Waals surface area contributed by atoms with Gasteiger partial charge >= 0.3 is 5.97 Å². The fourth-order valence-electron chi connectivity index (χ4n) is 0.720. The number of carbonyl (C=O) groups excluding carboxylic acids is 1. The Hall–Kier alpha value is -1.05. The summed E-state index contributed by atoms with van der Waals surface area (Å²) in [5.41, 5.74) is 0.542. The number of cyclic esters (lactones) is 1. The van der Waals surface area contributed by atoms with Gasteiger partial charge in [-0.1, -0.05) is 19.2 Å². The van der Waals surface area contributed by atoms with Crippen LogP contribution >= 0.6 is 0 Å². The molecule has 2 nitrogen and oxygen atoms in total. The maximum atomic E-state index is 10.6. The number of hydrogen-bond donors (Lipinski definition) is 0. The second kappa shape index (κ2) is 2.05. The summed E-state index contributed by atoms with van der Waals surface area (Å²) in [5, 5.41) is 0. The Morgan fingerprint density at radius 3 is 2.67 bits per heavy atom. The standard InChI is InChI=1S/C7H8O2/c1-3-6-4-5(2)7(8)9-6/h3,6H,1-2,4H2. The van der Waals surface area contributed by atoms with Crippen LogP contribution in [0.25, 0.3) is 0 Å². The molecule has 1 rings (SSSR count). The first kappa shape index (κ1) is 6.08. The van der Waals surface area contributed by atoms with Crippen LogP contribution in [0.2, 0.25) is 0 Å². The average molecular weight is 124 g/mol. The van der Waals surface area contributed by atoms with Gasteiger partial charge in [-0.05, 0) is 0 Å². The number of esters is 1. The zero-order valence-electron chi connectivity index (χ0n) is 5.09. The van der Waals surface area contributed by atoms with E-state index < -0.39 is 0 Å². The first-order chi connectivity index (χ1) is 4.24. The van der Waals surface area contributed by atoms with Gasteiger partial charge in [0.25, 0.3) is 0 Å². The number of carbonyl (C=O) groups is 1. The molecule has 1 unspecified atom stereocenters. The molecule has 0 bridgehead atoms. The van der Waals surface area contributed by atoms with E-state index in [2.05, 4.69) is 13.2 Å². The van der Waals surface area contributed by atoms with Crippen LogP contribution in [0.15, 0.2) is 24.8 Å². The first-order valence-corrected chi connectivity index (χ1v) is 2.75. The molecule has 48 valence electrons. The number of hydrogen-bond acceptors (Lipinski definition) is 2. The third-order valence-corrected chi connectivity index (χ3v) is 1.26. The lowest BCUT2D eigenvalue weighted by atomic mass is 10.2.